The third kappa shape index (κ3) is 2.98. The summed E-state index contributed by atoms with van der Waals surface area (Å²) in [5, 5.41) is 0.946. The van der Waals surface area contributed by atoms with Gasteiger partial charge in [0.25, 0.3) is 5.91 Å². The SMILES string of the molecule is COc1cc2c(OC(C)=O)c(C)n(C(=O)c3ccccc3)c2cc1Cl. The summed E-state index contributed by atoms with van der Waals surface area (Å²) in [7, 11) is 1.50. The average Bonchev–Trinajstić information content (AvgIpc) is 2.85. The van der Waals surface area contributed by atoms with Crippen molar-refractivity contribution in [1.29, 1.82) is 0 Å². The molecule has 0 unspecified atom stereocenters. The summed E-state index contributed by atoms with van der Waals surface area (Å²) < 4.78 is 12.1. The van der Waals surface area contributed by atoms with E-state index in [1.54, 1.807) is 43.3 Å². The molecule has 0 amide bonds. The second kappa shape index (κ2) is 6.61. The van der Waals surface area contributed by atoms with Crippen molar-refractivity contribution >= 4 is 34.4 Å². The van der Waals surface area contributed by atoms with Gasteiger partial charge >= 0.3 is 5.97 Å². The summed E-state index contributed by atoms with van der Waals surface area (Å²) in [6.07, 6.45) is 0. The van der Waals surface area contributed by atoms with E-state index >= 15 is 0 Å². The lowest BCUT2D eigenvalue weighted by Crippen LogP contribution is -2.13. The summed E-state index contributed by atoms with van der Waals surface area (Å²) in [6, 6.07) is 12.2. The van der Waals surface area contributed by atoms with Crippen molar-refractivity contribution in [2.24, 2.45) is 0 Å². The van der Waals surface area contributed by atoms with Crippen LogP contribution in [0.25, 0.3) is 10.9 Å². The van der Waals surface area contributed by atoms with E-state index in [4.69, 9.17) is 21.1 Å². The van der Waals surface area contributed by atoms with Gasteiger partial charge in [-0.25, -0.2) is 0 Å². The van der Waals surface area contributed by atoms with Gasteiger partial charge in [-0.1, -0.05) is 29.8 Å². The summed E-state index contributed by atoms with van der Waals surface area (Å²) in [5.74, 6) is 0.0552. The zero-order valence-electron chi connectivity index (χ0n) is 14.0. The predicted octanol–water partition coefficient (Wildman–Crippen LogP) is 4.23. The third-order valence-electron chi connectivity index (χ3n) is 3.89. The van der Waals surface area contributed by atoms with Crippen LogP contribution in [0, 0.1) is 6.92 Å². The first-order chi connectivity index (χ1) is 11.9. The first-order valence-electron chi connectivity index (χ1n) is 7.60. The maximum Gasteiger partial charge on any atom is 0.308 e. The molecule has 0 saturated heterocycles. The Balaban J connectivity index is 2.31. The Kier molecular flexibility index (Phi) is 4.51. The van der Waals surface area contributed by atoms with Gasteiger partial charge in [-0.15, -0.1) is 0 Å². The highest BCUT2D eigenvalue weighted by Gasteiger charge is 2.23. The minimum atomic E-state index is -0.469. The molecule has 3 rings (SSSR count). The molecule has 5 nitrogen and oxygen atoms in total. The number of hydrogen-bond donors (Lipinski definition) is 0. The number of ether oxygens (including phenoxy) is 2. The zero-order chi connectivity index (χ0) is 18.1. The molecular formula is C19H16ClNO4. The van der Waals surface area contributed by atoms with Crippen LogP contribution in [0.1, 0.15) is 23.0 Å². The van der Waals surface area contributed by atoms with E-state index in [1.807, 2.05) is 6.07 Å². The minimum Gasteiger partial charge on any atom is -0.495 e. The lowest BCUT2D eigenvalue weighted by Gasteiger charge is -2.08. The van der Waals surface area contributed by atoms with E-state index in [2.05, 4.69) is 0 Å². The maximum absolute atomic E-state index is 13.0. The number of esters is 1. The van der Waals surface area contributed by atoms with E-state index in [0.717, 1.165) is 0 Å². The van der Waals surface area contributed by atoms with Gasteiger partial charge in [0.2, 0.25) is 0 Å². The highest BCUT2D eigenvalue weighted by Crippen LogP contribution is 2.39. The summed E-state index contributed by atoms with van der Waals surface area (Å²) in [6.45, 7) is 3.04. The molecule has 0 spiro atoms. The van der Waals surface area contributed by atoms with Crippen LogP contribution in [0.2, 0.25) is 5.02 Å². The number of aromatic nitrogens is 1. The number of carbonyl (C=O) groups excluding carboxylic acids is 2. The van der Waals surface area contributed by atoms with Gasteiger partial charge < -0.3 is 9.47 Å². The molecule has 0 saturated carbocycles. The maximum atomic E-state index is 13.0. The lowest BCUT2D eigenvalue weighted by molar-refractivity contribution is -0.131. The molecular weight excluding hydrogens is 342 g/mol. The smallest absolute Gasteiger partial charge is 0.308 e. The van der Waals surface area contributed by atoms with E-state index in [9.17, 15) is 9.59 Å². The Hall–Kier alpha value is -2.79. The quantitative estimate of drug-likeness (QED) is 0.658. The van der Waals surface area contributed by atoms with E-state index in [-0.39, 0.29) is 5.91 Å². The van der Waals surface area contributed by atoms with Gasteiger partial charge in [0.05, 0.1) is 23.3 Å². The van der Waals surface area contributed by atoms with Crippen LogP contribution in [0.3, 0.4) is 0 Å². The van der Waals surface area contributed by atoms with Gasteiger partial charge in [-0.2, -0.15) is 0 Å². The van der Waals surface area contributed by atoms with Crippen molar-refractivity contribution < 1.29 is 19.1 Å². The second-order valence-corrected chi connectivity index (χ2v) is 5.93. The number of fused-ring (bicyclic) bond motifs is 1. The van der Waals surface area contributed by atoms with Crippen molar-refractivity contribution in [2.75, 3.05) is 7.11 Å². The van der Waals surface area contributed by atoms with Gasteiger partial charge in [0.1, 0.15) is 5.75 Å². The molecule has 3 aromatic rings. The molecule has 2 aromatic carbocycles. The molecule has 25 heavy (non-hydrogen) atoms. The monoisotopic (exact) mass is 357 g/mol. The fraction of sp³-hybridized carbons (Fsp3) is 0.158. The Morgan fingerprint density at radius 1 is 1.12 bits per heavy atom. The normalized spacial score (nSPS) is 10.7. The molecule has 6 heteroatoms. The van der Waals surface area contributed by atoms with Gasteiger partial charge in [0.15, 0.2) is 5.75 Å². The fourth-order valence-corrected chi connectivity index (χ4v) is 3.02. The minimum absolute atomic E-state index is 0.234. The Morgan fingerprint density at radius 2 is 1.80 bits per heavy atom. The number of halogens is 1. The molecule has 0 fully saturated rings. The number of methoxy groups -OCH3 is 1. The Labute approximate surface area is 149 Å². The van der Waals surface area contributed by atoms with Crippen LogP contribution in [0.15, 0.2) is 42.5 Å². The average molecular weight is 358 g/mol. The predicted molar refractivity (Wildman–Crippen MR) is 95.7 cm³/mol. The van der Waals surface area contributed by atoms with Crippen molar-refractivity contribution in [2.45, 2.75) is 13.8 Å². The van der Waals surface area contributed by atoms with Crippen molar-refractivity contribution in [3.8, 4) is 11.5 Å². The van der Waals surface area contributed by atoms with Crippen LogP contribution < -0.4 is 9.47 Å². The summed E-state index contributed by atoms with van der Waals surface area (Å²) in [5.41, 5.74) is 1.58. The molecule has 128 valence electrons. The molecule has 1 heterocycles. The summed E-state index contributed by atoms with van der Waals surface area (Å²) in [4.78, 5) is 24.5. The fourth-order valence-electron chi connectivity index (χ4n) is 2.79. The van der Waals surface area contributed by atoms with Crippen LogP contribution in [0.4, 0.5) is 0 Å². The molecule has 0 aliphatic carbocycles. The molecule has 0 atom stereocenters. The first kappa shape index (κ1) is 17.0. The molecule has 0 aliphatic heterocycles. The highest BCUT2D eigenvalue weighted by molar-refractivity contribution is 6.33. The van der Waals surface area contributed by atoms with E-state index in [1.165, 1.54) is 18.6 Å². The van der Waals surface area contributed by atoms with Gasteiger partial charge in [-0.05, 0) is 31.2 Å². The third-order valence-corrected chi connectivity index (χ3v) is 4.18. The van der Waals surface area contributed by atoms with Gasteiger partial charge in [-0.3, -0.25) is 14.2 Å². The van der Waals surface area contributed by atoms with Crippen molar-refractivity contribution in [1.82, 2.24) is 4.57 Å². The number of hydrogen-bond acceptors (Lipinski definition) is 4. The first-order valence-corrected chi connectivity index (χ1v) is 7.98. The Morgan fingerprint density at radius 3 is 2.40 bits per heavy atom. The van der Waals surface area contributed by atoms with E-state index in [0.29, 0.717) is 38.7 Å². The largest absolute Gasteiger partial charge is 0.495 e. The van der Waals surface area contributed by atoms with Crippen molar-refractivity contribution in [3.63, 3.8) is 0 Å². The van der Waals surface area contributed by atoms with Crippen LogP contribution >= 0.6 is 11.6 Å². The standard InChI is InChI=1S/C19H16ClNO4/c1-11-18(25-12(2)22)14-9-17(24-3)15(20)10-16(14)21(11)19(23)13-7-5-4-6-8-13/h4-10H,1-3H3. The molecule has 0 N–H and O–H groups in total. The van der Waals surface area contributed by atoms with Crippen molar-refractivity contribution in [3.05, 3.63) is 58.7 Å². The zero-order valence-corrected chi connectivity index (χ0v) is 14.8. The second-order valence-electron chi connectivity index (χ2n) is 5.52. The molecule has 1 aromatic heterocycles. The number of carbonyl (C=O) groups is 2. The Bertz CT molecular complexity index is 976. The number of rotatable bonds is 3. The topological polar surface area (TPSA) is 57.5 Å². The van der Waals surface area contributed by atoms with Crippen LogP contribution in [-0.4, -0.2) is 23.6 Å². The molecule has 0 radical (unpaired) electrons. The molecule has 0 bridgehead atoms. The van der Waals surface area contributed by atoms with Crippen LogP contribution in [0.5, 0.6) is 11.5 Å². The van der Waals surface area contributed by atoms with Crippen LogP contribution in [-0.2, 0) is 4.79 Å². The highest BCUT2D eigenvalue weighted by atomic mass is 35.5. The molecule has 0 aliphatic rings. The lowest BCUT2D eigenvalue weighted by atomic mass is 10.2. The number of nitrogens with zero attached hydrogens (tertiary/aromatic N) is 1. The summed E-state index contributed by atoms with van der Waals surface area (Å²) >= 11 is 6.24. The van der Waals surface area contributed by atoms with Gasteiger partial charge in [0, 0.05) is 17.9 Å². The number of benzene rings is 2. The van der Waals surface area contributed by atoms with E-state index < -0.39 is 5.97 Å².